The van der Waals surface area contributed by atoms with Gasteiger partial charge in [-0.25, -0.2) is 4.79 Å². The van der Waals surface area contributed by atoms with E-state index in [-0.39, 0.29) is 23.0 Å². The van der Waals surface area contributed by atoms with E-state index in [0.29, 0.717) is 30.5 Å². The minimum Gasteiger partial charge on any atom is -0.480 e. The van der Waals surface area contributed by atoms with E-state index >= 15 is 0 Å². The summed E-state index contributed by atoms with van der Waals surface area (Å²) in [4.78, 5) is 25.2. The zero-order chi connectivity index (χ0) is 21.3. The molecular weight excluding hydrogens is 390 g/mol. The first-order chi connectivity index (χ1) is 14.4. The number of hydrogen-bond donors (Lipinski definition) is 1. The molecule has 2 aromatic carbocycles. The fourth-order valence-corrected chi connectivity index (χ4v) is 3.10. The van der Waals surface area contributed by atoms with Crippen molar-refractivity contribution in [3.8, 4) is 28.7 Å². The Morgan fingerprint density at radius 3 is 2.47 bits per heavy atom. The second kappa shape index (κ2) is 7.86. The number of ether oxygens (including phenoxy) is 2. The van der Waals surface area contributed by atoms with E-state index in [2.05, 4.69) is 10.2 Å². The Hall–Kier alpha value is -3.88. The highest BCUT2D eigenvalue weighted by molar-refractivity contribution is 5.89. The molecule has 1 N–H and O–H groups in total. The molecule has 1 aliphatic rings. The summed E-state index contributed by atoms with van der Waals surface area (Å²) in [5.41, 5.74) is 0.731. The first kappa shape index (κ1) is 19.4. The van der Waals surface area contributed by atoms with Crippen LogP contribution < -0.4 is 9.47 Å². The van der Waals surface area contributed by atoms with Gasteiger partial charge in [-0.1, -0.05) is 0 Å². The maximum atomic E-state index is 12.1. The van der Waals surface area contributed by atoms with Gasteiger partial charge in [-0.05, 0) is 36.4 Å². The van der Waals surface area contributed by atoms with Crippen LogP contribution in [0.3, 0.4) is 0 Å². The lowest BCUT2D eigenvalue weighted by Gasteiger charge is -2.15. The smallest absolute Gasteiger partial charge is 0.335 e. The third kappa shape index (κ3) is 4.09. The van der Waals surface area contributed by atoms with Crippen LogP contribution in [0.1, 0.15) is 22.7 Å². The summed E-state index contributed by atoms with van der Waals surface area (Å²) < 4.78 is 16.9. The average Bonchev–Trinajstić information content (AvgIpc) is 3.29. The van der Waals surface area contributed by atoms with Crippen molar-refractivity contribution in [2.24, 2.45) is 0 Å². The molecule has 0 spiro atoms. The van der Waals surface area contributed by atoms with Gasteiger partial charge in [0.1, 0.15) is 17.2 Å². The normalized spacial score (nSPS) is 16.0. The number of benzene rings is 2. The van der Waals surface area contributed by atoms with Crippen LogP contribution >= 0.6 is 0 Å². The largest absolute Gasteiger partial charge is 0.480 e. The van der Waals surface area contributed by atoms with E-state index < -0.39 is 12.1 Å². The molecule has 0 bridgehead atoms. The molecule has 1 fully saturated rings. The number of aromatic nitrogens is 2. The van der Waals surface area contributed by atoms with Crippen molar-refractivity contribution in [1.29, 1.82) is 0 Å². The number of aryl methyl sites for hydroxylation is 1. The Bertz CT molecular complexity index is 1090. The second-order valence-electron chi connectivity index (χ2n) is 6.91. The topological polar surface area (TPSA) is 115 Å². The number of carbonyl (C=O) groups is 2. The van der Waals surface area contributed by atoms with Crippen molar-refractivity contribution < 1.29 is 28.6 Å². The van der Waals surface area contributed by atoms with Crippen molar-refractivity contribution in [3.05, 3.63) is 53.9 Å². The lowest BCUT2D eigenvalue weighted by molar-refractivity contribution is -0.132. The zero-order valence-electron chi connectivity index (χ0n) is 16.4. The highest BCUT2D eigenvalue weighted by Gasteiger charge is 2.31. The molecular formula is C21H19N3O6. The van der Waals surface area contributed by atoms with Gasteiger partial charge in [-0.2, -0.15) is 0 Å². The number of carbonyl (C=O) groups excluding carboxylic acids is 1. The van der Waals surface area contributed by atoms with E-state index in [0.717, 1.165) is 5.56 Å². The predicted octanol–water partition coefficient (Wildman–Crippen LogP) is 3.15. The molecule has 1 saturated heterocycles. The molecule has 0 radical (unpaired) electrons. The van der Waals surface area contributed by atoms with Crippen LogP contribution in [0.5, 0.6) is 17.2 Å². The number of nitrogens with zero attached hydrogens (tertiary/aromatic N) is 3. The van der Waals surface area contributed by atoms with Crippen LogP contribution in [-0.2, 0) is 4.79 Å². The molecule has 154 valence electrons. The van der Waals surface area contributed by atoms with E-state index in [9.17, 15) is 14.7 Å². The standard InChI is InChI=1S/C21H19N3O6/c1-12-22-23-19(28-12)13-3-5-15(6-4-13)29-16-9-14(21(26)27)10-17(11-16)30-18-7-8-24(2)20(18)25/h3-6,9-11,18H,7-8H2,1-2H3,(H,26,27)/t18-/m1/s1. The Morgan fingerprint density at radius 1 is 1.13 bits per heavy atom. The van der Waals surface area contributed by atoms with Crippen molar-refractivity contribution in [2.45, 2.75) is 19.4 Å². The maximum absolute atomic E-state index is 12.1. The Kier molecular flexibility index (Phi) is 5.09. The number of rotatable bonds is 6. The van der Waals surface area contributed by atoms with Crippen molar-refractivity contribution in [1.82, 2.24) is 15.1 Å². The van der Waals surface area contributed by atoms with Crippen molar-refractivity contribution in [2.75, 3.05) is 13.6 Å². The van der Waals surface area contributed by atoms with Crippen molar-refractivity contribution >= 4 is 11.9 Å². The number of carboxylic acid groups (broad SMARTS) is 1. The van der Waals surface area contributed by atoms with Crippen molar-refractivity contribution in [3.63, 3.8) is 0 Å². The molecule has 0 saturated carbocycles. The quantitative estimate of drug-likeness (QED) is 0.660. The van der Waals surface area contributed by atoms with Gasteiger partial charge in [0.2, 0.25) is 11.8 Å². The Labute approximate surface area is 171 Å². The van der Waals surface area contributed by atoms with Crippen LogP contribution in [0.4, 0.5) is 0 Å². The summed E-state index contributed by atoms with van der Waals surface area (Å²) in [6.45, 7) is 2.30. The summed E-state index contributed by atoms with van der Waals surface area (Å²) in [6, 6.07) is 11.3. The Morgan fingerprint density at radius 2 is 1.87 bits per heavy atom. The first-order valence-corrected chi connectivity index (χ1v) is 9.27. The third-order valence-corrected chi connectivity index (χ3v) is 4.65. The third-order valence-electron chi connectivity index (χ3n) is 4.65. The fraction of sp³-hybridized carbons (Fsp3) is 0.238. The molecule has 3 aromatic rings. The second-order valence-corrected chi connectivity index (χ2v) is 6.91. The molecule has 1 aromatic heterocycles. The van der Waals surface area contributed by atoms with E-state index in [1.54, 1.807) is 49.2 Å². The van der Waals surface area contributed by atoms with Gasteiger partial charge in [-0.3, -0.25) is 4.79 Å². The molecule has 0 unspecified atom stereocenters. The van der Waals surface area contributed by atoms with Crippen LogP contribution in [0.2, 0.25) is 0 Å². The van der Waals surface area contributed by atoms with E-state index in [1.807, 2.05) is 0 Å². The van der Waals surface area contributed by atoms with Crippen LogP contribution in [0.25, 0.3) is 11.5 Å². The number of hydrogen-bond acceptors (Lipinski definition) is 7. The first-order valence-electron chi connectivity index (χ1n) is 9.27. The van der Waals surface area contributed by atoms with Gasteiger partial charge < -0.3 is 23.9 Å². The van der Waals surface area contributed by atoms with Crippen LogP contribution in [0, 0.1) is 6.92 Å². The molecule has 30 heavy (non-hydrogen) atoms. The highest BCUT2D eigenvalue weighted by Crippen LogP contribution is 2.30. The number of amides is 1. The summed E-state index contributed by atoms with van der Waals surface area (Å²) >= 11 is 0. The molecule has 0 aliphatic carbocycles. The minimum atomic E-state index is -1.12. The summed E-state index contributed by atoms with van der Waals surface area (Å²) in [5.74, 6) is 0.637. The number of carboxylic acids is 1. The maximum Gasteiger partial charge on any atom is 0.335 e. The molecule has 1 amide bonds. The van der Waals surface area contributed by atoms with Gasteiger partial charge in [0.15, 0.2) is 6.10 Å². The van der Waals surface area contributed by atoms with Gasteiger partial charge in [0.25, 0.3) is 5.91 Å². The lowest BCUT2D eigenvalue weighted by Crippen LogP contribution is -2.29. The fourth-order valence-electron chi connectivity index (χ4n) is 3.10. The minimum absolute atomic E-state index is 0.000689. The molecule has 1 atom stereocenters. The Balaban J connectivity index is 1.55. The molecule has 1 aliphatic heterocycles. The van der Waals surface area contributed by atoms with Gasteiger partial charge in [-0.15, -0.1) is 10.2 Å². The number of likely N-dealkylation sites (N-methyl/N-ethyl adjacent to an activating group) is 1. The SMILES string of the molecule is Cc1nnc(-c2ccc(Oc3cc(O[C@@H]4CCN(C)C4=O)cc(C(=O)O)c3)cc2)o1. The van der Waals surface area contributed by atoms with Crippen LogP contribution in [0.15, 0.2) is 46.9 Å². The number of aromatic carboxylic acids is 1. The van der Waals surface area contributed by atoms with Gasteiger partial charge in [0, 0.05) is 38.6 Å². The molecule has 9 nitrogen and oxygen atoms in total. The summed E-state index contributed by atoms with van der Waals surface area (Å²) in [5, 5.41) is 17.2. The predicted molar refractivity (Wildman–Crippen MR) is 105 cm³/mol. The monoisotopic (exact) mass is 409 g/mol. The molecule has 9 heteroatoms. The number of likely N-dealkylation sites (tertiary alicyclic amines) is 1. The average molecular weight is 409 g/mol. The van der Waals surface area contributed by atoms with E-state index in [4.69, 9.17) is 13.9 Å². The van der Waals surface area contributed by atoms with E-state index in [1.165, 1.54) is 12.1 Å². The summed E-state index contributed by atoms with van der Waals surface area (Å²) in [6.07, 6.45) is -0.0940. The summed E-state index contributed by atoms with van der Waals surface area (Å²) in [7, 11) is 1.70. The zero-order valence-corrected chi connectivity index (χ0v) is 16.4. The van der Waals surface area contributed by atoms with Gasteiger partial charge in [0.05, 0.1) is 5.56 Å². The van der Waals surface area contributed by atoms with Crippen LogP contribution in [-0.4, -0.2) is 51.8 Å². The molecule has 4 rings (SSSR count). The lowest BCUT2D eigenvalue weighted by atomic mass is 10.2. The van der Waals surface area contributed by atoms with Gasteiger partial charge >= 0.3 is 5.97 Å². The molecule has 2 heterocycles. The highest BCUT2D eigenvalue weighted by atomic mass is 16.5.